The Morgan fingerprint density at radius 2 is 2.09 bits per heavy atom. The van der Waals surface area contributed by atoms with Gasteiger partial charge in [-0.3, -0.25) is 0 Å². The van der Waals surface area contributed by atoms with Crippen LogP contribution in [0.1, 0.15) is 19.8 Å². The van der Waals surface area contributed by atoms with Crippen molar-refractivity contribution < 1.29 is 14.2 Å². The van der Waals surface area contributed by atoms with Gasteiger partial charge in [0.2, 0.25) is 6.79 Å². The van der Waals surface area contributed by atoms with Crippen LogP contribution in [-0.2, 0) is 0 Å². The monoisotopic (exact) mass is 305 g/mol. The molecular formula is C16H23N3O3. The smallest absolute Gasteiger partial charge is 0.231 e. The number of piperidine rings is 1. The molecule has 120 valence electrons. The minimum Gasteiger partial charge on any atom is -0.492 e. The molecule has 2 N–H and O–H groups in total. The molecule has 1 aromatic carbocycles. The van der Waals surface area contributed by atoms with Crippen LogP contribution in [0.3, 0.4) is 0 Å². The molecule has 0 amide bonds. The van der Waals surface area contributed by atoms with Crippen LogP contribution < -0.4 is 19.9 Å². The average molecular weight is 305 g/mol. The second-order valence-corrected chi connectivity index (χ2v) is 5.77. The van der Waals surface area contributed by atoms with Gasteiger partial charge in [-0.2, -0.15) is 0 Å². The van der Waals surface area contributed by atoms with Crippen molar-refractivity contribution in [3.8, 4) is 17.2 Å². The summed E-state index contributed by atoms with van der Waals surface area (Å²) in [6.07, 6.45) is 2.37. The van der Waals surface area contributed by atoms with E-state index in [4.69, 9.17) is 19.9 Å². The van der Waals surface area contributed by atoms with Crippen LogP contribution in [0, 0.1) is 5.92 Å². The number of guanidine groups is 1. The van der Waals surface area contributed by atoms with E-state index in [0.29, 0.717) is 19.1 Å². The molecule has 2 aliphatic rings. The Labute approximate surface area is 130 Å². The minimum absolute atomic E-state index is 0.272. The topological polar surface area (TPSA) is 69.3 Å². The van der Waals surface area contributed by atoms with E-state index in [1.54, 1.807) is 0 Å². The number of hydrogen-bond donors (Lipinski definition) is 1. The molecule has 0 aliphatic carbocycles. The largest absolute Gasteiger partial charge is 0.492 e. The van der Waals surface area contributed by atoms with E-state index in [1.807, 2.05) is 18.2 Å². The van der Waals surface area contributed by atoms with Crippen molar-refractivity contribution in [1.82, 2.24) is 4.90 Å². The van der Waals surface area contributed by atoms with Crippen LogP contribution in [0.2, 0.25) is 0 Å². The van der Waals surface area contributed by atoms with E-state index in [0.717, 1.165) is 36.3 Å². The highest BCUT2D eigenvalue weighted by atomic mass is 16.7. The van der Waals surface area contributed by atoms with Crippen molar-refractivity contribution in [1.29, 1.82) is 0 Å². The summed E-state index contributed by atoms with van der Waals surface area (Å²) in [5.41, 5.74) is 6.03. The van der Waals surface area contributed by atoms with Crippen LogP contribution in [0.4, 0.5) is 0 Å². The second kappa shape index (κ2) is 6.77. The number of rotatable bonds is 4. The first-order valence-electron chi connectivity index (χ1n) is 7.79. The zero-order chi connectivity index (χ0) is 15.4. The van der Waals surface area contributed by atoms with Crippen LogP contribution in [0.25, 0.3) is 0 Å². The Kier molecular flexibility index (Phi) is 4.56. The van der Waals surface area contributed by atoms with Crippen molar-refractivity contribution >= 4 is 5.96 Å². The third kappa shape index (κ3) is 3.55. The third-order valence-corrected chi connectivity index (χ3v) is 4.09. The van der Waals surface area contributed by atoms with Gasteiger partial charge in [-0.15, -0.1) is 0 Å². The molecule has 1 aromatic rings. The predicted octanol–water partition coefficient (Wildman–Crippen LogP) is 1.84. The molecule has 22 heavy (non-hydrogen) atoms. The molecule has 1 fully saturated rings. The number of ether oxygens (including phenoxy) is 3. The van der Waals surface area contributed by atoms with Gasteiger partial charge in [0.1, 0.15) is 12.4 Å². The first kappa shape index (κ1) is 14.8. The molecule has 6 nitrogen and oxygen atoms in total. The van der Waals surface area contributed by atoms with E-state index < -0.39 is 0 Å². The molecule has 0 bridgehead atoms. The zero-order valence-electron chi connectivity index (χ0n) is 13.0. The molecule has 0 atom stereocenters. The fourth-order valence-corrected chi connectivity index (χ4v) is 2.63. The summed E-state index contributed by atoms with van der Waals surface area (Å²) in [6, 6.07) is 5.55. The van der Waals surface area contributed by atoms with Gasteiger partial charge in [0.15, 0.2) is 17.5 Å². The molecule has 0 unspecified atom stereocenters. The first-order valence-corrected chi connectivity index (χ1v) is 7.79. The normalized spacial score (nSPS) is 18.6. The van der Waals surface area contributed by atoms with Crippen LogP contribution in [0.5, 0.6) is 17.2 Å². The SMILES string of the molecule is CC1CCN(C(N)=NCCOc2ccc3c(c2)OCO3)CC1. The number of likely N-dealkylation sites (tertiary alicyclic amines) is 1. The lowest BCUT2D eigenvalue weighted by Gasteiger charge is -2.31. The molecule has 2 aliphatic heterocycles. The summed E-state index contributed by atoms with van der Waals surface area (Å²) in [6.45, 7) is 5.59. The highest BCUT2D eigenvalue weighted by molar-refractivity contribution is 5.78. The lowest BCUT2D eigenvalue weighted by atomic mass is 10.00. The highest BCUT2D eigenvalue weighted by Crippen LogP contribution is 2.34. The van der Waals surface area contributed by atoms with E-state index in [-0.39, 0.29) is 6.79 Å². The highest BCUT2D eigenvalue weighted by Gasteiger charge is 2.17. The Morgan fingerprint density at radius 1 is 1.32 bits per heavy atom. The molecular weight excluding hydrogens is 282 g/mol. The van der Waals surface area contributed by atoms with Gasteiger partial charge in [0.25, 0.3) is 0 Å². The summed E-state index contributed by atoms with van der Waals surface area (Å²) in [4.78, 5) is 6.55. The van der Waals surface area contributed by atoms with Crippen molar-refractivity contribution in [3.63, 3.8) is 0 Å². The molecule has 3 rings (SSSR count). The molecule has 0 saturated carbocycles. The maximum absolute atomic E-state index is 6.03. The number of nitrogens with zero attached hydrogens (tertiary/aromatic N) is 2. The predicted molar refractivity (Wildman–Crippen MR) is 84.5 cm³/mol. The quantitative estimate of drug-likeness (QED) is 0.522. The minimum atomic E-state index is 0.272. The fraction of sp³-hybridized carbons (Fsp3) is 0.562. The number of aliphatic imine (C=N–C) groups is 1. The van der Waals surface area contributed by atoms with Gasteiger partial charge in [-0.05, 0) is 30.9 Å². The Morgan fingerprint density at radius 3 is 2.91 bits per heavy atom. The van der Waals surface area contributed by atoms with Crippen LogP contribution >= 0.6 is 0 Å². The lowest BCUT2D eigenvalue weighted by molar-refractivity contribution is 0.173. The van der Waals surface area contributed by atoms with Crippen molar-refractivity contribution in [3.05, 3.63) is 18.2 Å². The molecule has 1 saturated heterocycles. The van der Waals surface area contributed by atoms with E-state index in [1.165, 1.54) is 12.8 Å². The molecule has 0 radical (unpaired) electrons. The lowest BCUT2D eigenvalue weighted by Crippen LogP contribution is -2.42. The summed E-state index contributed by atoms with van der Waals surface area (Å²) < 4.78 is 16.2. The van der Waals surface area contributed by atoms with Gasteiger partial charge in [-0.1, -0.05) is 6.92 Å². The summed E-state index contributed by atoms with van der Waals surface area (Å²) in [5, 5.41) is 0. The number of benzene rings is 1. The van der Waals surface area contributed by atoms with E-state index in [2.05, 4.69) is 16.8 Å². The Balaban J connectivity index is 1.44. The van der Waals surface area contributed by atoms with E-state index in [9.17, 15) is 0 Å². The van der Waals surface area contributed by atoms with Gasteiger partial charge in [0, 0.05) is 19.2 Å². The Hall–Kier alpha value is -2.11. The van der Waals surface area contributed by atoms with Crippen LogP contribution in [-0.4, -0.2) is 43.9 Å². The Bertz CT molecular complexity index is 539. The van der Waals surface area contributed by atoms with Gasteiger partial charge < -0.3 is 24.8 Å². The third-order valence-electron chi connectivity index (χ3n) is 4.09. The van der Waals surface area contributed by atoms with Crippen molar-refractivity contribution in [2.45, 2.75) is 19.8 Å². The van der Waals surface area contributed by atoms with E-state index >= 15 is 0 Å². The number of nitrogens with two attached hydrogens (primary N) is 1. The number of fused-ring (bicyclic) bond motifs is 1. The number of hydrogen-bond acceptors (Lipinski definition) is 4. The second-order valence-electron chi connectivity index (χ2n) is 5.77. The molecule has 0 aromatic heterocycles. The fourth-order valence-electron chi connectivity index (χ4n) is 2.63. The maximum Gasteiger partial charge on any atom is 0.231 e. The van der Waals surface area contributed by atoms with Gasteiger partial charge in [-0.25, -0.2) is 4.99 Å². The molecule has 6 heteroatoms. The maximum atomic E-state index is 6.03. The van der Waals surface area contributed by atoms with Crippen molar-refractivity contribution in [2.75, 3.05) is 33.0 Å². The van der Waals surface area contributed by atoms with Crippen LogP contribution in [0.15, 0.2) is 23.2 Å². The standard InChI is InChI=1S/C16H23N3O3/c1-12-4-7-19(8-5-12)16(17)18-6-9-20-13-2-3-14-15(10-13)22-11-21-14/h2-3,10,12H,4-9,11H2,1H3,(H2,17,18). The van der Waals surface area contributed by atoms with Crippen molar-refractivity contribution in [2.24, 2.45) is 16.6 Å². The van der Waals surface area contributed by atoms with Gasteiger partial charge in [0.05, 0.1) is 6.54 Å². The first-order chi connectivity index (χ1) is 10.7. The summed E-state index contributed by atoms with van der Waals surface area (Å²) in [7, 11) is 0. The zero-order valence-corrected chi connectivity index (χ0v) is 13.0. The van der Waals surface area contributed by atoms with Gasteiger partial charge >= 0.3 is 0 Å². The summed E-state index contributed by atoms with van der Waals surface area (Å²) >= 11 is 0. The average Bonchev–Trinajstić information content (AvgIpc) is 2.99. The molecule has 2 heterocycles. The summed E-state index contributed by atoms with van der Waals surface area (Å²) in [5.74, 6) is 3.65. The molecule has 0 spiro atoms.